The van der Waals surface area contributed by atoms with Crippen LogP contribution in [0.1, 0.15) is 31.9 Å². The first-order valence-corrected chi connectivity index (χ1v) is 5.76. The van der Waals surface area contributed by atoms with Crippen LogP contribution in [0.3, 0.4) is 0 Å². The van der Waals surface area contributed by atoms with Crippen molar-refractivity contribution in [3.05, 3.63) is 41.5 Å². The highest BCUT2D eigenvalue weighted by Crippen LogP contribution is 2.07. The van der Waals surface area contributed by atoms with Gasteiger partial charge in [0.2, 0.25) is 0 Å². The molecule has 0 bridgehead atoms. The van der Waals surface area contributed by atoms with E-state index in [0.29, 0.717) is 6.04 Å². The largest absolute Gasteiger partial charge is 0.311 e. The lowest BCUT2D eigenvalue weighted by molar-refractivity contribution is 0.663. The fourth-order valence-electron chi connectivity index (χ4n) is 1.51. The summed E-state index contributed by atoms with van der Waals surface area (Å²) in [6.45, 7) is 7.49. The van der Waals surface area contributed by atoms with Crippen LogP contribution in [-0.4, -0.2) is 12.6 Å². The fraction of sp³-hybridized carbons (Fsp3) is 0.429. The minimum atomic E-state index is 0.445. The number of likely N-dealkylation sites (N-methyl/N-ethyl adjacent to an activating group) is 1. The zero-order valence-corrected chi connectivity index (χ0v) is 9.96. The first kappa shape index (κ1) is 12.0. The highest BCUT2D eigenvalue weighted by molar-refractivity contribution is 5.50. The fourth-order valence-corrected chi connectivity index (χ4v) is 1.51. The predicted molar refractivity (Wildman–Crippen MR) is 68.0 cm³/mol. The molecule has 0 amide bonds. The van der Waals surface area contributed by atoms with Gasteiger partial charge in [-0.2, -0.15) is 0 Å². The van der Waals surface area contributed by atoms with Gasteiger partial charge in [-0.15, -0.1) is 0 Å². The van der Waals surface area contributed by atoms with Gasteiger partial charge in [0.25, 0.3) is 0 Å². The van der Waals surface area contributed by atoms with Crippen molar-refractivity contribution in [1.29, 1.82) is 0 Å². The molecule has 1 heteroatoms. The number of hydrogen-bond donors (Lipinski definition) is 1. The Labute approximate surface area is 93.2 Å². The summed E-state index contributed by atoms with van der Waals surface area (Å²) in [6.07, 6.45) is 5.48. The summed E-state index contributed by atoms with van der Waals surface area (Å²) in [4.78, 5) is 0. The first-order chi connectivity index (χ1) is 7.26. The Bertz CT molecular complexity index is 298. The first-order valence-electron chi connectivity index (χ1n) is 5.76. The molecule has 0 aliphatic heterocycles. The maximum atomic E-state index is 3.35. The smallest absolute Gasteiger partial charge is 0.0224 e. The van der Waals surface area contributed by atoms with E-state index in [9.17, 15) is 0 Å². The molecular formula is C14H21N. The van der Waals surface area contributed by atoms with Crippen molar-refractivity contribution >= 4 is 6.08 Å². The maximum Gasteiger partial charge on any atom is 0.0224 e. The second-order valence-electron chi connectivity index (χ2n) is 3.80. The van der Waals surface area contributed by atoms with Crippen molar-refractivity contribution in [3.63, 3.8) is 0 Å². The quantitative estimate of drug-likeness (QED) is 0.774. The normalized spacial score (nSPS) is 13.3. The molecule has 0 aliphatic carbocycles. The average Bonchev–Trinajstić information content (AvgIpc) is 2.27. The van der Waals surface area contributed by atoms with Crippen molar-refractivity contribution in [3.8, 4) is 0 Å². The number of nitrogens with one attached hydrogen (secondary N) is 1. The monoisotopic (exact) mass is 203 g/mol. The Hall–Kier alpha value is -1.08. The van der Waals surface area contributed by atoms with Crippen LogP contribution in [-0.2, 0) is 6.42 Å². The number of benzene rings is 1. The van der Waals surface area contributed by atoms with E-state index in [1.54, 1.807) is 0 Å². The van der Waals surface area contributed by atoms with Gasteiger partial charge in [0, 0.05) is 6.04 Å². The number of aryl methyl sites for hydroxylation is 1. The standard InChI is InChI=1S/C14H21N/c1-4-13-8-10-14(11-9-13)7-6-12(3)15-5-2/h6-12,15H,4-5H2,1-3H3/b7-6+. The van der Waals surface area contributed by atoms with E-state index >= 15 is 0 Å². The third-order valence-corrected chi connectivity index (χ3v) is 2.49. The van der Waals surface area contributed by atoms with Crippen molar-refractivity contribution in [2.45, 2.75) is 33.2 Å². The summed E-state index contributed by atoms with van der Waals surface area (Å²) in [5, 5.41) is 3.35. The number of hydrogen-bond acceptors (Lipinski definition) is 1. The molecule has 82 valence electrons. The molecule has 0 saturated heterocycles. The van der Waals surface area contributed by atoms with Gasteiger partial charge in [-0.1, -0.05) is 50.3 Å². The average molecular weight is 203 g/mol. The summed E-state index contributed by atoms with van der Waals surface area (Å²) in [7, 11) is 0. The highest BCUT2D eigenvalue weighted by atomic mass is 14.9. The molecule has 0 heterocycles. The van der Waals surface area contributed by atoms with E-state index in [1.807, 2.05) is 0 Å². The summed E-state index contributed by atoms with van der Waals surface area (Å²) in [5.41, 5.74) is 2.67. The molecule has 15 heavy (non-hydrogen) atoms. The lowest BCUT2D eigenvalue weighted by Crippen LogP contribution is -2.22. The Balaban J connectivity index is 2.56. The number of rotatable bonds is 5. The maximum absolute atomic E-state index is 3.35. The van der Waals surface area contributed by atoms with Crippen LogP contribution < -0.4 is 5.32 Å². The van der Waals surface area contributed by atoms with Crippen LogP contribution in [0.25, 0.3) is 6.08 Å². The van der Waals surface area contributed by atoms with Crippen LogP contribution in [0, 0.1) is 0 Å². The molecule has 0 aliphatic rings. The molecular weight excluding hydrogens is 182 g/mol. The van der Waals surface area contributed by atoms with Gasteiger partial charge >= 0.3 is 0 Å². The van der Waals surface area contributed by atoms with Crippen LogP contribution in [0.5, 0.6) is 0 Å². The second-order valence-corrected chi connectivity index (χ2v) is 3.80. The molecule has 1 unspecified atom stereocenters. The molecule has 1 nitrogen and oxygen atoms in total. The molecule has 0 spiro atoms. The molecule has 1 aromatic rings. The SMILES string of the molecule is CCNC(C)/C=C/c1ccc(CC)cc1. The van der Waals surface area contributed by atoms with Gasteiger partial charge in [-0.25, -0.2) is 0 Å². The van der Waals surface area contributed by atoms with Gasteiger partial charge in [0.1, 0.15) is 0 Å². The van der Waals surface area contributed by atoms with Crippen LogP contribution in [0.4, 0.5) is 0 Å². The third kappa shape index (κ3) is 4.30. The zero-order valence-electron chi connectivity index (χ0n) is 9.96. The Morgan fingerprint density at radius 2 is 1.87 bits per heavy atom. The summed E-state index contributed by atoms with van der Waals surface area (Å²) < 4.78 is 0. The highest BCUT2D eigenvalue weighted by Gasteiger charge is 1.93. The zero-order chi connectivity index (χ0) is 11.1. The van der Waals surface area contributed by atoms with E-state index in [1.165, 1.54) is 11.1 Å². The summed E-state index contributed by atoms with van der Waals surface area (Å²) in [6, 6.07) is 9.18. The predicted octanol–water partition coefficient (Wildman–Crippen LogP) is 3.26. The molecule has 1 N–H and O–H groups in total. The van der Waals surface area contributed by atoms with Gasteiger partial charge in [0.05, 0.1) is 0 Å². The van der Waals surface area contributed by atoms with Crippen LogP contribution in [0.2, 0.25) is 0 Å². The van der Waals surface area contributed by atoms with E-state index in [-0.39, 0.29) is 0 Å². The van der Waals surface area contributed by atoms with E-state index in [2.05, 4.69) is 62.5 Å². The van der Waals surface area contributed by atoms with Crippen molar-refractivity contribution < 1.29 is 0 Å². The lowest BCUT2D eigenvalue weighted by Gasteiger charge is -2.05. The molecule has 1 aromatic carbocycles. The van der Waals surface area contributed by atoms with E-state index in [4.69, 9.17) is 0 Å². The molecule has 0 fully saturated rings. The minimum Gasteiger partial charge on any atom is -0.311 e. The topological polar surface area (TPSA) is 12.0 Å². The molecule has 0 radical (unpaired) electrons. The van der Waals surface area contributed by atoms with Crippen molar-refractivity contribution in [1.82, 2.24) is 5.32 Å². The minimum absolute atomic E-state index is 0.445. The Morgan fingerprint density at radius 3 is 2.40 bits per heavy atom. The van der Waals surface area contributed by atoms with E-state index in [0.717, 1.165) is 13.0 Å². The Morgan fingerprint density at radius 1 is 1.20 bits per heavy atom. The summed E-state index contributed by atoms with van der Waals surface area (Å²) >= 11 is 0. The Kier molecular flexibility index (Phi) is 5.13. The molecule has 0 aromatic heterocycles. The molecule has 1 atom stereocenters. The third-order valence-electron chi connectivity index (χ3n) is 2.49. The van der Waals surface area contributed by atoms with E-state index < -0.39 is 0 Å². The van der Waals surface area contributed by atoms with Gasteiger partial charge < -0.3 is 5.32 Å². The molecule has 0 saturated carbocycles. The van der Waals surface area contributed by atoms with Gasteiger partial charge in [-0.05, 0) is 31.0 Å². The van der Waals surface area contributed by atoms with Crippen LogP contribution >= 0.6 is 0 Å². The summed E-state index contributed by atoms with van der Waals surface area (Å²) in [5.74, 6) is 0. The lowest BCUT2D eigenvalue weighted by atomic mass is 10.1. The van der Waals surface area contributed by atoms with Crippen molar-refractivity contribution in [2.24, 2.45) is 0 Å². The second kappa shape index (κ2) is 6.41. The van der Waals surface area contributed by atoms with Gasteiger partial charge in [0.15, 0.2) is 0 Å². The molecule has 1 rings (SSSR count). The van der Waals surface area contributed by atoms with Crippen molar-refractivity contribution in [2.75, 3.05) is 6.54 Å². The van der Waals surface area contributed by atoms with Crippen LogP contribution in [0.15, 0.2) is 30.3 Å². The van der Waals surface area contributed by atoms with Gasteiger partial charge in [-0.3, -0.25) is 0 Å².